The number of benzene rings is 1. The maximum absolute atomic E-state index is 13.1. The minimum atomic E-state index is -4.46. The molecule has 0 bridgehead atoms. The summed E-state index contributed by atoms with van der Waals surface area (Å²) in [5, 5.41) is 10.3. The summed E-state index contributed by atoms with van der Waals surface area (Å²) in [6.07, 6.45) is -4.46. The Labute approximate surface area is 114 Å². The molecule has 1 aromatic carbocycles. The molecule has 0 spiro atoms. The van der Waals surface area contributed by atoms with E-state index in [9.17, 15) is 18.3 Å². The van der Waals surface area contributed by atoms with Crippen molar-refractivity contribution >= 4 is 10.2 Å². The Morgan fingerprint density at radius 3 is 1.89 bits per heavy atom. The topological polar surface area (TPSA) is 20.2 Å². The second-order valence-electron chi connectivity index (χ2n) is 5.10. The molecule has 0 aliphatic carbocycles. The van der Waals surface area contributed by atoms with Gasteiger partial charge >= 0.3 is 6.18 Å². The Hall–Kier alpha value is -1.25. The van der Waals surface area contributed by atoms with Gasteiger partial charge in [0.1, 0.15) is 0 Å². The normalized spacial score (nSPS) is 15.5. The molecule has 1 unspecified atom stereocenters. The summed E-state index contributed by atoms with van der Waals surface area (Å²) in [6, 6.07) is 5.27. The zero-order chi connectivity index (χ0) is 14.9. The van der Waals surface area contributed by atoms with Gasteiger partial charge in [0.15, 0.2) is 0 Å². The highest BCUT2D eigenvalue weighted by molar-refractivity contribution is 6.22. The van der Waals surface area contributed by atoms with E-state index in [2.05, 4.69) is 11.5 Å². The fourth-order valence-electron chi connectivity index (χ4n) is 1.97. The van der Waals surface area contributed by atoms with Crippen LogP contribution in [0.3, 0.4) is 0 Å². The van der Waals surface area contributed by atoms with Crippen molar-refractivity contribution in [1.82, 2.24) is 0 Å². The van der Waals surface area contributed by atoms with Crippen LogP contribution in [0.5, 0.6) is 0 Å². The van der Waals surface area contributed by atoms with Crippen LogP contribution in [0, 0.1) is 11.5 Å². The average Bonchev–Trinajstić information content (AvgIpc) is 2.26. The Kier molecular flexibility index (Phi) is 4.18. The predicted octanol–water partition coefficient (Wildman–Crippen LogP) is 2.06. The van der Waals surface area contributed by atoms with Crippen molar-refractivity contribution in [3.8, 4) is 11.5 Å². The molecule has 19 heavy (non-hydrogen) atoms. The number of aliphatic hydroxyl groups is 1. The predicted molar refractivity (Wildman–Crippen MR) is 72.8 cm³/mol. The van der Waals surface area contributed by atoms with E-state index >= 15 is 0 Å². The second-order valence-corrected chi connectivity index (χ2v) is 5.60. The van der Waals surface area contributed by atoms with E-state index < -0.39 is 22.8 Å². The lowest BCUT2D eigenvalue weighted by Crippen LogP contribution is -2.45. The standard InChI is InChI=1S/C14H17F3OSi/c1-12(2,18)13(3,8-9-19)10-6-4-5-7-11(10)14(15,16)17/h4-7,18H,1-3,19H3. The highest BCUT2D eigenvalue weighted by Crippen LogP contribution is 2.42. The van der Waals surface area contributed by atoms with E-state index in [0.717, 1.165) is 6.07 Å². The van der Waals surface area contributed by atoms with Gasteiger partial charge < -0.3 is 5.11 Å². The van der Waals surface area contributed by atoms with Crippen molar-refractivity contribution in [3.63, 3.8) is 0 Å². The molecule has 1 atom stereocenters. The second kappa shape index (κ2) is 5.03. The zero-order valence-corrected chi connectivity index (χ0v) is 13.4. The van der Waals surface area contributed by atoms with E-state index in [1.165, 1.54) is 32.0 Å². The summed E-state index contributed by atoms with van der Waals surface area (Å²) in [7, 11) is 0.538. The van der Waals surface area contributed by atoms with Gasteiger partial charge in [-0.05, 0) is 32.4 Å². The first-order chi connectivity index (χ1) is 8.54. The van der Waals surface area contributed by atoms with Crippen LogP contribution >= 0.6 is 0 Å². The fourth-order valence-corrected chi connectivity index (χ4v) is 2.47. The Morgan fingerprint density at radius 1 is 1.05 bits per heavy atom. The van der Waals surface area contributed by atoms with Crippen molar-refractivity contribution in [2.45, 2.75) is 38.0 Å². The highest BCUT2D eigenvalue weighted by atomic mass is 28.1. The van der Waals surface area contributed by atoms with Gasteiger partial charge in [-0.15, -0.1) is 5.54 Å². The third-order valence-electron chi connectivity index (χ3n) is 3.37. The first kappa shape index (κ1) is 15.8. The van der Waals surface area contributed by atoms with Crippen molar-refractivity contribution in [2.24, 2.45) is 0 Å². The van der Waals surface area contributed by atoms with Gasteiger partial charge in [-0.25, -0.2) is 0 Å². The molecule has 1 nitrogen and oxygen atoms in total. The summed E-state index contributed by atoms with van der Waals surface area (Å²) >= 11 is 0. The third-order valence-corrected chi connectivity index (χ3v) is 3.62. The summed E-state index contributed by atoms with van der Waals surface area (Å²) in [4.78, 5) is 0. The summed E-state index contributed by atoms with van der Waals surface area (Å²) < 4.78 is 39.3. The fraction of sp³-hybridized carbons (Fsp3) is 0.429. The molecule has 104 valence electrons. The minimum absolute atomic E-state index is 0.0124. The number of rotatable bonds is 2. The maximum atomic E-state index is 13.1. The molecule has 5 heteroatoms. The van der Waals surface area contributed by atoms with Crippen LogP contribution in [0.1, 0.15) is 31.9 Å². The number of halogens is 3. The largest absolute Gasteiger partial charge is 0.416 e. The Balaban J connectivity index is 3.62. The number of hydrogen-bond donors (Lipinski definition) is 1. The molecular weight excluding hydrogens is 269 g/mol. The smallest absolute Gasteiger partial charge is 0.389 e. The van der Waals surface area contributed by atoms with Gasteiger partial charge in [0, 0.05) is 0 Å². The number of hydrogen-bond acceptors (Lipinski definition) is 1. The molecule has 0 saturated heterocycles. The molecule has 0 heterocycles. The molecule has 0 fully saturated rings. The monoisotopic (exact) mass is 286 g/mol. The van der Waals surface area contributed by atoms with Crippen molar-refractivity contribution in [3.05, 3.63) is 35.4 Å². The highest BCUT2D eigenvalue weighted by Gasteiger charge is 2.45. The van der Waals surface area contributed by atoms with Crippen LogP contribution in [0.25, 0.3) is 0 Å². The maximum Gasteiger partial charge on any atom is 0.416 e. The van der Waals surface area contributed by atoms with Crippen molar-refractivity contribution in [1.29, 1.82) is 0 Å². The molecular formula is C14H17F3OSi. The SMILES string of the molecule is CC(C)(O)C(C)(C#C[SiH3])c1ccccc1C(F)(F)F. The van der Waals surface area contributed by atoms with Crippen LogP contribution in [0.15, 0.2) is 24.3 Å². The van der Waals surface area contributed by atoms with Gasteiger partial charge in [0.2, 0.25) is 0 Å². The summed E-state index contributed by atoms with van der Waals surface area (Å²) in [6.45, 7) is 4.50. The molecule has 1 rings (SSSR count). The molecule has 0 aromatic heterocycles. The van der Waals surface area contributed by atoms with E-state index in [1.54, 1.807) is 6.92 Å². The van der Waals surface area contributed by atoms with Gasteiger partial charge in [0.25, 0.3) is 0 Å². The molecule has 1 N–H and O–H groups in total. The lowest BCUT2D eigenvalue weighted by Gasteiger charge is -2.38. The Bertz CT molecular complexity index is 520. The molecule has 0 aliphatic heterocycles. The molecule has 0 radical (unpaired) electrons. The van der Waals surface area contributed by atoms with Gasteiger partial charge in [0.05, 0.1) is 26.8 Å². The Morgan fingerprint density at radius 2 is 1.53 bits per heavy atom. The van der Waals surface area contributed by atoms with Crippen molar-refractivity contribution in [2.75, 3.05) is 0 Å². The van der Waals surface area contributed by atoms with E-state index in [-0.39, 0.29) is 5.56 Å². The van der Waals surface area contributed by atoms with Crippen LogP contribution < -0.4 is 0 Å². The van der Waals surface area contributed by atoms with Gasteiger partial charge in [-0.3, -0.25) is 0 Å². The quantitative estimate of drug-likeness (QED) is 0.652. The van der Waals surface area contributed by atoms with E-state index in [0.29, 0.717) is 10.2 Å². The van der Waals surface area contributed by atoms with Gasteiger partial charge in [-0.1, -0.05) is 24.1 Å². The average molecular weight is 286 g/mol. The molecule has 0 saturated carbocycles. The first-order valence-electron chi connectivity index (χ1n) is 5.87. The summed E-state index contributed by atoms with van der Waals surface area (Å²) in [5.41, 5.74) is -0.627. The van der Waals surface area contributed by atoms with Crippen molar-refractivity contribution < 1.29 is 18.3 Å². The lowest BCUT2D eigenvalue weighted by atomic mass is 9.69. The van der Waals surface area contributed by atoms with Gasteiger partial charge in [-0.2, -0.15) is 13.2 Å². The van der Waals surface area contributed by atoms with Crippen LogP contribution in [-0.2, 0) is 11.6 Å². The van der Waals surface area contributed by atoms with Crippen LogP contribution in [-0.4, -0.2) is 21.0 Å². The minimum Gasteiger partial charge on any atom is -0.389 e. The summed E-state index contributed by atoms with van der Waals surface area (Å²) in [5.74, 6) is 2.79. The lowest BCUT2D eigenvalue weighted by molar-refractivity contribution is -0.139. The number of alkyl halides is 3. The first-order valence-corrected chi connectivity index (χ1v) is 6.87. The molecule has 0 aliphatic rings. The van der Waals surface area contributed by atoms with Crippen LogP contribution in [0.4, 0.5) is 13.2 Å². The third kappa shape index (κ3) is 3.02. The van der Waals surface area contributed by atoms with Crippen LogP contribution in [0.2, 0.25) is 0 Å². The molecule has 0 amide bonds. The van der Waals surface area contributed by atoms with E-state index in [4.69, 9.17) is 0 Å². The zero-order valence-electron chi connectivity index (χ0n) is 11.4. The van der Waals surface area contributed by atoms with E-state index in [1.807, 2.05) is 0 Å². The molecule has 1 aromatic rings.